The van der Waals surface area contributed by atoms with Gasteiger partial charge in [0.15, 0.2) is 0 Å². The van der Waals surface area contributed by atoms with Gasteiger partial charge in [-0.3, -0.25) is 0 Å². The van der Waals surface area contributed by atoms with Crippen molar-refractivity contribution in [3.8, 4) is 5.75 Å². The van der Waals surface area contributed by atoms with Crippen LogP contribution in [0.3, 0.4) is 0 Å². The van der Waals surface area contributed by atoms with Crippen LogP contribution in [-0.2, 0) is 0 Å². The van der Waals surface area contributed by atoms with Gasteiger partial charge in [-0.25, -0.2) is 0 Å². The molecule has 0 N–H and O–H groups in total. The molecule has 0 aliphatic carbocycles. The summed E-state index contributed by atoms with van der Waals surface area (Å²) in [6.45, 7) is 0.550. The van der Waals surface area contributed by atoms with Crippen LogP contribution in [0, 0.1) is 0 Å². The van der Waals surface area contributed by atoms with E-state index in [4.69, 9.17) is 4.74 Å². The molecule has 0 unspecified atom stereocenters. The standard InChI is InChI=1S/C17H16O3.Na/c18-17(19)15-9-11-16(12-10-15)20-13-5-4-8-14-6-2-1-3-7-14;/h1-4,6-12H,5,13H2,(H,18,19);/q;+1/p-1. The number of aromatic carboxylic acids is 1. The number of carbonyl (C=O) groups excluding carboxylic acids is 1. The van der Waals surface area contributed by atoms with Crippen LogP contribution < -0.4 is 39.4 Å². The second-order valence-corrected chi connectivity index (χ2v) is 4.26. The van der Waals surface area contributed by atoms with E-state index in [1.54, 1.807) is 12.1 Å². The minimum atomic E-state index is -1.18. The zero-order valence-electron chi connectivity index (χ0n) is 12.0. The van der Waals surface area contributed by atoms with Crippen LogP contribution in [-0.4, -0.2) is 12.6 Å². The maximum Gasteiger partial charge on any atom is 1.00 e. The predicted molar refractivity (Wildman–Crippen MR) is 76.4 cm³/mol. The zero-order valence-corrected chi connectivity index (χ0v) is 14.0. The normalized spacial score (nSPS) is 10.1. The quantitative estimate of drug-likeness (QED) is 0.534. The molecule has 0 spiro atoms. The molecule has 2 aromatic carbocycles. The van der Waals surface area contributed by atoms with Crippen LogP contribution in [0.2, 0.25) is 0 Å². The van der Waals surface area contributed by atoms with E-state index in [1.807, 2.05) is 42.5 Å². The second-order valence-electron chi connectivity index (χ2n) is 4.26. The molecule has 2 rings (SSSR count). The van der Waals surface area contributed by atoms with Crippen molar-refractivity contribution in [2.75, 3.05) is 6.61 Å². The summed E-state index contributed by atoms with van der Waals surface area (Å²) in [5, 5.41) is 10.6. The smallest absolute Gasteiger partial charge is 0.545 e. The van der Waals surface area contributed by atoms with Crippen LogP contribution in [0.4, 0.5) is 0 Å². The van der Waals surface area contributed by atoms with E-state index >= 15 is 0 Å². The van der Waals surface area contributed by atoms with Crippen LogP contribution in [0.15, 0.2) is 60.7 Å². The summed E-state index contributed by atoms with van der Waals surface area (Å²) in [5.41, 5.74) is 1.31. The van der Waals surface area contributed by atoms with E-state index in [2.05, 4.69) is 0 Å². The average Bonchev–Trinajstić information content (AvgIpc) is 2.48. The van der Waals surface area contributed by atoms with Gasteiger partial charge in [-0.2, -0.15) is 0 Å². The molecule has 0 fully saturated rings. The Bertz CT molecular complexity index is 577. The first-order valence-electron chi connectivity index (χ1n) is 6.41. The fourth-order valence-electron chi connectivity index (χ4n) is 1.72. The molecule has 0 saturated heterocycles. The van der Waals surface area contributed by atoms with Crippen LogP contribution >= 0.6 is 0 Å². The van der Waals surface area contributed by atoms with Crippen molar-refractivity contribution in [1.29, 1.82) is 0 Å². The van der Waals surface area contributed by atoms with Crippen LogP contribution in [0.1, 0.15) is 22.3 Å². The van der Waals surface area contributed by atoms with Crippen molar-refractivity contribution < 1.29 is 44.2 Å². The Labute approximate surface area is 146 Å². The van der Waals surface area contributed by atoms with E-state index < -0.39 is 5.97 Å². The first-order valence-corrected chi connectivity index (χ1v) is 6.41. The van der Waals surface area contributed by atoms with Gasteiger partial charge in [0.25, 0.3) is 0 Å². The largest absolute Gasteiger partial charge is 1.00 e. The van der Waals surface area contributed by atoms with Crippen molar-refractivity contribution in [1.82, 2.24) is 0 Å². The molecular formula is C17H15NaO3. The van der Waals surface area contributed by atoms with E-state index in [1.165, 1.54) is 12.1 Å². The number of carboxylic acid groups (broad SMARTS) is 1. The number of hydrogen-bond acceptors (Lipinski definition) is 3. The zero-order chi connectivity index (χ0) is 14.2. The molecule has 0 aliphatic rings. The van der Waals surface area contributed by atoms with Crippen molar-refractivity contribution >= 4 is 12.0 Å². The van der Waals surface area contributed by atoms with Crippen molar-refractivity contribution in [2.45, 2.75) is 6.42 Å². The Morgan fingerprint density at radius 1 is 1.05 bits per heavy atom. The number of hydrogen-bond donors (Lipinski definition) is 0. The molecule has 0 radical (unpaired) electrons. The number of ether oxygens (including phenoxy) is 1. The van der Waals surface area contributed by atoms with Crippen LogP contribution in [0.5, 0.6) is 5.75 Å². The summed E-state index contributed by atoms with van der Waals surface area (Å²) in [4.78, 5) is 10.6. The maximum atomic E-state index is 10.6. The van der Waals surface area contributed by atoms with Crippen molar-refractivity contribution in [3.63, 3.8) is 0 Å². The third-order valence-electron chi connectivity index (χ3n) is 2.75. The number of rotatable bonds is 6. The molecule has 102 valence electrons. The van der Waals surface area contributed by atoms with E-state index in [9.17, 15) is 9.90 Å². The summed E-state index contributed by atoms with van der Waals surface area (Å²) < 4.78 is 5.51. The first-order chi connectivity index (χ1) is 9.75. The van der Waals surface area contributed by atoms with E-state index in [-0.39, 0.29) is 35.1 Å². The van der Waals surface area contributed by atoms with Gasteiger partial charge in [0.2, 0.25) is 0 Å². The molecule has 0 aromatic heterocycles. The Morgan fingerprint density at radius 2 is 1.71 bits per heavy atom. The third-order valence-corrected chi connectivity index (χ3v) is 2.75. The van der Waals surface area contributed by atoms with Gasteiger partial charge >= 0.3 is 29.6 Å². The van der Waals surface area contributed by atoms with Crippen molar-refractivity contribution in [2.24, 2.45) is 0 Å². The molecule has 3 nitrogen and oxygen atoms in total. The Hall–Kier alpha value is -1.55. The monoisotopic (exact) mass is 290 g/mol. The molecule has 2 aromatic rings. The Kier molecular flexibility index (Phi) is 7.83. The Balaban J connectivity index is 0.00000220. The summed E-state index contributed by atoms with van der Waals surface area (Å²) in [6, 6.07) is 16.3. The van der Waals surface area contributed by atoms with Crippen LogP contribution in [0.25, 0.3) is 6.08 Å². The number of carbonyl (C=O) groups is 1. The SMILES string of the molecule is O=C([O-])c1ccc(OCCC=Cc2ccccc2)cc1.[Na+]. The molecule has 0 atom stereocenters. The summed E-state index contributed by atoms with van der Waals surface area (Å²) in [5.74, 6) is -0.523. The van der Waals surface area contributed by atoms with Gasteiger partial charge in [0.1, 0.15) is 5.75 Å². The molecule has 4 heteroatoms. The van der Waals surface area contributed by atoms with E-state index in [0.29, 0.717) is 12.4 Å². The molecule has 0 heterocycles. The predicted octanol–water partition coefficient (Wildman–Crippen LogP) is -0.464. The summed E-state index contributed by atoms with van der Waals surface area (Å²) in [7, 11) is 0. The molecule has 21 heavy (non-hydrogen) atoms. The number of carboxylic acids is 1. The van der Waals surface area contributed by atoms with Gasteiger partial charge < -0.3 is 14.6 Å². The fourth-order valence-corrected chi connectivity index (χ4v) is 1.72. The van der Waals surface area contributed by atoms with Gasteiger partial charge in [0.05, 0.1) is 12.6 Å². The summed E-state index contributed by atoms with van der Waals surface area (Å²) >= 11 is 0. The average molecular weight is 290 g/mol. The summed E-state index contributed by atoms with van der Waals surface area (Å²) in [6.07, 6.45) is 4.88. The topological polar surface area (TPSA) is 49.4 Å². The maximum absolute atomic E-state index is 10.6. The fraction of sp³-hybridized carbons (Fsp3) is 0.118. The first kappa shape index (κ1) is 17.5. The third kappa shape index (κ3) is 6.17. The Morgan fingerprint density at radius 3 is 2.33 bits per heavy atom. The molecule has 0 aliphatic heterocycles. The van der Waals surface area contributed by atoms with Gasteiger partial charge in [-0.15, -0.1) is 0 Å². The molecule has 0 saturated carbocycles. The van der Waals surface area contributed by atoms with Gasteiger partial charge in [0, 0.05) is 0 Å². The van der Waals surface area contributed by atoms with Gasteiger partial charge in [-0.1, -0.05) is 42.5 Å². The van der Waals surface area contributed by atoms with E-state index in [0.717, 1.165) is 12.0 Å². The van der Waals surface area contributed by atoms with Gasteiger partial charge in [-0.05, 0) is 41.8 Å². The minimum absolute atomic E-state index is 0. The molecular weight excluding hydrogens is 275 g/mol. The minimum Gasteiger partial charge on any atom is -0.545 e. The molecule has 0 amide bonds. The van der Waals surface area contributed by atoms with Crippen molar-refractivity contribution in [3.05, 3.63) is 71.8 Å². The molecule has 0 bridgehead atoms. The second kappa shape index (κ2) is 9.40. The number of benzene rings is 2.